The normalized spacial score (nSPS) is 11.0. The Bertz CT molecular complexity index is 465. The predicted octanol–water partition coefficient (Wildman–Crippen LogP) is -1.62. The minimum absolute atomic E-state index is 0. The summed E-state index contributed by atoms with van der Waals surface area (Å²) in [4.78, 5) is 43.5. The van der Waals surface area contributed by atoms with Gasteiger partial charge >= 0.3 is 74.9 Å². The Kier molecular flexibility index (Phi) is 27.1. The number of nitrogens with zero attached hydrogens (tertiary/aromatic N) is 1. The molecule has 0 aliphatic heterocycles. The van der Waals surface area contributed by atoms with Gasteiger partial charge in [-0.2, -0.15) is 0 Å². The minimum Gasteiger partial charge on any atom is -0.459 e. The van der Waals surface area contributed by atoms with Gasteiger partial charge in [0.25, 0.3) is 0 Å². The first-order chi connectivity index (χ1) is 12.1. The third-order valence-electron chi connectivity index (χ3n) is 3.16. The third kappa shape index (κ3) is 23.9. The van der Waals surface area contributed by atoms with Crippen molar-refractivity contribution in [1.82, 2.24) is 4.90 Å². The number of hydrogen-bond donors (Lipinski definition) is 2. The summed E-state index contributed by atoms with van der Waals surface area (Å²) in [5, 5.41) is 0. The van der Waals surface area contributed by atoms with E-state index in [2.05, 4.69) is 5.73 Å². The van der Waals surface area contributed by atoms with Gasteiger partial charge in [0.2, 0.25) is 12.3 Å². The standard InChI is InChI=1S/C17H30N2O4.CH3NO.CH3.Cs/c1-17(2,3)23-16(22)14(18)10-7-5-6-8-12-19(4)15(21)11-9-13-20;2-1-3;;/h9,11,13-14H,5-8,10,12,18H2,1-4H3;1H,(H2,2,3);1H3;/q;;-1;+1/b11-9-;;;. The molecule has 0 aromatic carbocycles. The van der Waals surface area contributed by atoms with Crippen LogP contribution in [0.2, 0.25) is 0 Å². The minimum atomic E-state index is -0.577. The number of likely N-dealkylation sites (N-methyl/N-ethyl adjacent to an activating group) is 1. The number of aldehydes is 1. The van der Waals surface area contributed by atoms with E-state index in [4.69, 9.17) is 15.3 Å². The predicted molar refractivity (Wildman–Crippen MR) is 106 cm³/mol. The zero-order chi connectivity index (χ0) is 20.6. The van der Waals surface area contributed by atoms with Gasteiger partial charge in [0.05, 0.1) is 0 Å². The maximum Gasteiger partial charge on any atom is 1.00 e. The van der Waals surface area contributed by atoms with Crippen LogP contribution in [-0.4, -0.2) is 54.7 Å². The number of ether oxygens (including phenoxy) is 1. The smallest absolute Gasteiger partial charge is 0.459 e. The molecule has 0 fully saturated rings. The second kappa shape index (κ2) is 21.5. The maximum atomic E-state index is 11.7. The third-order valence-corrected chi connectivity index (χ3v) is 3.16. The van der Waals surface area contributed by atoms with E-state index in [1.54, 1.807) is 11.9 Å². The summed E-state index contributed by atoms with van der Waals surface area (Å²) in [6.45, 7) is 6.10. The summed E-state index contributed by atoms with van der Waals surface area (Å²) in [5.74, 6) is -0.533. The van der Waals surface area contributed by atoms with Crippen molar-refractivity contribution in [2.75, 3.05) is 13.6 Å². The molecule has 0 aromatic rings. The average molecular weight is 519 g/mol. The Hall–Kier alpha value is -0.168. The second-order valence-electron chi connectivity index (χ2n) is 6.73. The van der Waals surface area contributed by atoms with Crippen LogP contribution in [0.5, 0.6) is 0 Å². The van der Waals surface area contributed by atoms with Crippen LogP contribution in [0.15, 0.2) is 12.2 Å². The topological polar surface area (TPSA) is 133 Å². The van der Waals surface area contributed by atoms with Crippen LogP contribution < -0.4 is 80.4 Å². The summed E-state index contributed by atoms with van der Waals surface area (Å²) in [5.41, 5.74) is 9.47. The maximum absolute atomic E-state index is 11.7. The molecule has 8 nitrogen and oxygen atoms in total. The van der Waals surface area contributed by atoms with Gasteiger partial charge in [-0.05, 0) is 39.7 Å². The number of rotatable bonds is 10. The van der Waals surface area contributed by atoms with Gasteiger partial charge in [0.1, 0.15) is 17.9 Å². The number of carbonyl (C=O) groups is 4. The molecule has 1 unspecified atom stereocenters. The van der Waals surface area contributed by atoms with Crippen molar-refractivity contribution in [2.24, 2.45) is 11.5 Å². The van der Waals surface area contributed by atoms with Crippen LogP contribution in [0, 0.1) is 7.43 Å². The zero-order valence-electron chi connectivity index (χ0n) is 18.3. The molecule has 0 aliphatic rings. The number of allylic oxidation sites excluding steroid dienone is 1. The fraction of sp³-hybridized carbons (Fsp3) is 0.632. The molecule has 0 bridgehead atoms. The van der Waals surface area contributed by atoms with Gasteiger partial charge < -0.3 is 28.5 Å². The first-order valence-electron chi connectivity index (χ1n) is 8.59. The van der Waals surface area contributed by atoms with Gasteiger partial charge in [0.15, 0.2) is 0 Å². The van der Waals surface area contributed by atoms with E-state index in [-0.39, 0.29) is 94.6 Å². The average Bonchev–Trinajstić information content (AvgIpc) is 2.54. The first kappa shape index (κ1) is 35.3. The molecule has 0 heterocycles. The Morgan fingerprint density at radius 2 is 1.61 bits per heavy atom. The van der Waals surface area contributed by atoms with Gasteiger partial charge in [-0.3, -0.25) is 19.2 Å². The van der Waals surface area contributed by atoms with Crippen molar-refractivity contribution in [3.05, 3.63) is 19.6 Å². The molecule has 0 aromatic heterocycles. The zero-order valence-corrected chi connectivity index (χ0v) is 24.6. The number of nitrogens with two attached hydrogens (primary N) is 2. The number of esters is 1. The molecular weight excluding hydrogens is 483 g/mol. The number of hydrogen-bond acceptors (Lipinski definition) is 6. The van der Waals surface area contributed by atoms with Crippen molar-refractivity contribution < 1.29 is 92.8 Å². The molecule has 0 radical (unpaired) electrons. The van der Waals surface area contributed by atoms with Crippen LogP contribution in [0.25, 0.3) is 0 Å². The number of primary amides is 1. The molecule has 0 spiro atoms. The Morgan fingerprint density at radius 1 is 1.11 bits per heavy atom. The van der Waals surface area contributed by atoms with E-state index in [0.717, 1.165) is 25.7 Å². The molecule has 2 amide bonds. The second-order valence-corrected chi connectivity index (χ2v) is 6.73. The van der Waals surface area contributed by atoms with Gasteiger partial charge in [-0.1, -0.05) is 19.3 Å². The van der Waals surface area contributed by atoms with Crippen molar-refractivity contribution >= 4 is 24.6 Å². The number of amides is 2. The summed E-state index contributed by atoms with van der Waals surface area (Å²) in [6, 6.07) is -0.577. The van der Waals surface area contributed by atoms with E-state index in [1.165, 1.54) is 12.2 Å². The van der Waals surface area contributed by atoms with Crippen molar-refractivity contribution in [2.45, 2.75) is 64.5 Å². The molecular formula is C19H36CsN3O5. The summed E-state index contributed by atoms with van der Waals surface area (Å²) in [6.07, 6.45) is 7.51. The van der Waals surface area contributed by atoms with E-state index in [1.807, 2.05) is 20.8 Å². The van der Waals surface area contributed by atoms with Crippen molar-refractivity contribution in [1.29, 1.82) is 0 Å². The largest absolute Gasteiger partial charge is 1.00 e. The summed E-state index contributed by atoms with van der Waals surface area (Å²) < 4.78 is 5.23. The molecule has 0 saturated heterocycles. The molecule has 9 heteroatoms. The van der Waals surface area contributed by atoms with Crippen LogP contribution in [0.4, 0.5) is 0 Å². The SMILES string of the molecule is CN(CCCCCCC(N)C(=O)OC(C)(C)C)C(=O)/C=C\C=O.NC=O.[CH3-].[Cs+]. The fourth-order valence-electron chi connectivity index (χ4n) is 1.92. The quantitative estimate of drug-likeness (QED) is 0.117. The van der Waals surface area contributed by atoms with Gasteiger partial charge in [-0.15, -0.1) is 0 Å². The molecule has 1 atom stereocenters. The molecule has 158 valence electrons. The van der Waals surface area contributed by atoms with E-state index in [9.17, 15) is 14.4 Å². The van der Waals surface area contributed by atoms with Crippen molar-refractivity contribution in [3.8, 4) is 0 Å². The van der Waals surface area contributed by atoms with E-state index < -0.39 is 11.6 Å². The van der Waals surface area contributed by atoms with Crippen LogP contribution in [0.3, 0.4) is 0 Å². The van der Waals surface area contributed by atoms with Crippen LogP contribution in [0.1, 0.15) is 52.9 Å². The van der Waals surface area contributed by atoms with E-state index >= 15 is 0 Å². The number of unbranched alkanes of at least 4 members (excludes halogenated alkanes) is 3. The molecule has 0 aliphatic carbocycles. The Balaban J connectivity index is -0.000000538. The first-order valence-corrected chi connectivity index (χ1v) is 8.59. The number of carbonyl (C=O) groups excluding carboxylic acids is 4. The Labute approximate surface area is 228 Å². The Morgan fingerprint density at radius 3 is 2.07 bits per heavy atom. The van der Waals surface area contributed by atoms with Crippen molar-refractivity contribution in [3.63, 3.8) is 0 Å². The van der Waals surface area contributed by atoms with Gasteiger partial charge in [0, 0.05) is 19.7 Å². The summed E-state index contributed by atoms with van der Waals surface area (Å²) >= 11 is 0. The molecule has 0 rings (SSSR count). The molecule has 28 heavy (non-hydrogen) atoms. The fourth-order valence-corrected chi connectivity index (χ4v) is 1.92. The summed E-state index contributed by atoms with van der Waals surface area (Å²) in [7, 11) is 1.70. The van der Waals surface area contributed by atoms with Crippen LogP contribution >= 0.6 is 0 Å². The monoisotopic (exact) mass is 519 g/mol. The van der Waals surface area contributed by atoms with Gasteiger partial charge in [-0.25, -0.2) is 0 Å². The molecule has 4 N–H and O–H groups in total. The van der Waals surface area contributed by atoms with Crippen LogP contribution in [-0.2, 0) is 23.9 Å². The molecule has 0 saturated carbocycles. The van der Waals surface area contributed by atoms with E-state index in [0.29, 0.717) is 19.3 Å².